The minimum absolute atomic E-state index is 0.0650. The van der Waals surface area contributed by atoms with Gasteiger partial charge in [0.15, 0.2) is 5.82 Å². The number of carbonyl (C=O) groups is 2. The van der Waals surface area contributed by atoms with E-state index in [0.29, 0.717) is 40.7 Å². The van der Waals surface area contributed by atoms with Crippen LogP contribution in [0.2, 0.25) is 0 Å². The number of aromatic nitrogens is 4. The van der Waals surface area contributed by atoms with Crippen molar-refractivity contribution in [2.24, 2.45) is 30.7 Å². The van der Waals surface area contributed by atoms with E-state index in [-0.39, 0.29) is 5.91 Å². The van der Waals surface area contributed by atoms with Crippen molar-refractivity contribution in [3.8, 4) is 28.5 Å². The summed E-state index contributed by atoms with van der Waals surface area (Å²) in [6.45, 7) is 6.86. The fourth-order valence-electron chi connectivity index (χ4n) is 8.12. The maximum atomic E-state index is 13.9. The number of anilines is 1. The van der Waals surface area contributed by atoms with Gasteiger partial charge in [0, 0.05) is 48.9 Å². The molecule has 2 aliphatic carbocycles. The first kappa shape index (κ1) is 30.5. The largest absolute Gasteiger partial charge is 0.494 e. The molecule has 4 heterocycles. The van der Waals surface area contributed by atoms with Gasteiger partial charge in [-0.1, -0.05) is 13.0 Å². The Kier molecular flexibility index (Phi) is 7.42. The van der Waals surface area contributed by atoms with Crippen molar-refractivity contribution in [1.29, 1.82) is 0 Å². The van der Waals surface area contributed by atoms with E-state index in [1.165, 1.54) is 32.8 Å². The van der Waals surface area contributed by atoms with Gasteiger partial charge in [0.2, 0.25) is 0 Å². The number of hydrogen-bond acceptors (Lipinski definition) is 6. The van der Waals surface area contributed by atoms with E-state index in [1.807, 2.05) is 50.4 Å². The predicted molar refractivity (Wildman–Crippen MR) is 186 cm³/mol. The standard InChI is InChI=1S/C38H42N6O4/c1-21-12-24-14-27(21)20-43(18-24)37(45)26-15-31-34(33(17-26)47-4)42(3)36(41-31)32-16-25-8-11-30(40-35(25)44(32)19-23-6-7-23)29-10-9-28(13-22(29)2)39-38(46)48-5/h8-11,13,15-17,21,23-24,27H,6-7,12,14,18-20H2,1-5H3,(H,39,46)/t21-,24?,27?/m0/s1. The lowest BCUT2D eigenvalue weighted by Gasteiger charge is -2.32. The zero-order valence-electron chi connectivity index (χ0n) is 28.2. The number of likely N-dealkylation sites (tertiary alicyclic amines) is 1. The van der Waals surface area contributed by atoms with Crippen LogP contribution in [0.3, 0.4) is 0 Å². The molecular formula is C38H42N6O4. The third kappa shape index (κ3) is 5.27. The highest BCUT2D eigenvalue weighted by Crippen LogP contribution is 2.42. The number of carbonyl (C=O) groups excluding carboxylic acids is 2. The molecule has 3 fully saturated rings. The van der Waals surface area contributed by atoms with Gasteiger partial charge in [0.1, 0.15) is 16.9 Å². The Bertz CT molecular complexity index is 2090. The number of ether oxygens (including phenoxy) is 2. The summed E-state index contributed by atoms with van der Waals surface area (Å²) in [6.07, 6.45) is 4.35. The summed E-state index contributed by atoms with van der Waals surface area (Å²) in [5.74, 6) is 4.00. The van der Waals surface area contributed by atoms with Gasteiger partial charge in [-0.25, -0.2) is 14.8 Å². The summed E-state index contributed by atoms with van der Waals surface area (Å²) in [5.41, 5.74) is 7.67. The monoisotopic (exact) mass is 646 g/mol. The molecule has 1 saturated heterocycles. The molecule has 0 radical (unpaired) electrons. The number of nitrogens with zero attached hydrogens (tertiary/aromatic N) is 5. The molecule has 2 amide bonds. The molecule has 2 saturated carbocycles. The summed E-state index contributed by atoms with van der Waals surface area (Å²) in [7, 11) is 5.03. The lowest BCUT2D eigenvalue weighted by Crippen LogP contribution is -2.41. The number of hydrogen-bond donors (Lipinski definition) is 1. The molecule has 3 aliphatic rings. The third-order valence-electron chi connectivity index (χ3n) is 10.8. The average molecular weight is 647 g/mol. The number of methoxy groups -OCH3 is 2. The Morgan fingerprint density at radius 3 is 2.56 bits per heavy atom. The van der Waals surface area contributed by atoms with Gasteiger partial charge in [-0.15, -0.1) is 0 Å². The van der Waals surface area contributed by atoms with Crippen LogP contribution in [0.25, 0.3) is 44.8 Å². The average Bonchev–Trinajstić information content (AvgIpc) is 3.68. The number of imidazole rings is 1. The van der Waals surface area contributed by atoms with Gasteiger partial charge in [-0.2, -0.15) is 0 Å². The summed E-state index contributed by atoms with van der Waals surface area (Å²) in [6, 6.07) is 15.9. The van der Waals surface area contributed by atoms with Gasteiger partial charge in [-0.05, 0) is 104 Å². The predicted octanol–water partition coefficient (Wildman–Crippen LogP) is 7.28. The van der Waals surface area contributed by atoms with Crippen LogP contribution in [-0.2, 0) is 18.3 Å². The second kappa shape index (κ2) is 11.7. The molecule has 5 aromatic rings. The Balaban J connectivity index is 1.19. The molecule has 3 aromatic heterocycles. The van der Waals surface area contributed by atoms with Crippen LogP contribution < -0.4 is 10.1 Å². The van der Waals surface area contributed by atoms with Crippen LogP contribution >= 0.6 is 0 Å². The molecule has 2 bridgehead atoms. The number of aryl methyl sites for hydroxylation is 2. The highest BCUT2D eigenvalue weighted by Gasteiger charge is 2.39. The molecule has 2 aromatic carbocycles. The van der Waals surface area contributed by atoms with Crippen molar-refractivity contribution in [3.63, 3.8) is 0 Å². The molecule has 10 nitrogen and oxygen atoms in total. The number of piperidine rings is 1. The van der Waals surface area contributed by atoms with E-state index in [0.717, 1.165) is 70.0 Å². The van der Waals surface area contributed by atoms with Crippen molar-refractivity contribution >= 4 is 39.8 Å². The first-order valence-electron chi connectivity index (χ1n) is 17.0. The second-order valence-corrected chi connectivity index (χ2v) is 14.2. The fourth-order valence-corrected chi connectivity index (χ4v) is 8.12. The number of pyridine rings is 1. The number of amides is 2. The number of nitrogens with one attached hydrogen (secondary N) is 1. The molecule has 1 aliphatic heterocycles. The number of fused-ring (bicyclic) bond motifs is 4. The lowest BCUT2D eigenvalue weighted by molar-refractivity contribution is 0.0653. The smallest absolute Gasteiger partial charge is 0.411 e. The molecule has 248 valence electrons. The van der Waals surface area contributed by atoms with Gasteiger partial charge in [-0.3, -0.25) is 10.1 Å². The molecule has 0 spiro atoms. The first-order chi connectivity index (χ1) is 23.2. The van der Waals surface area contributed by atoms with E-state index in [9.17, 15) is 9.59 Å². The van der Waals surface area contributed by atoms with Gasteiger partial charge in [0.25, 0.3) is 5.91 Å². The molecule has 10 heteroatoms. The SMILES string of the molecule is COC(=O)Nc1ccc(-c2ccc3cc(-c4nc5cc(C(=O)N6CC7CC(C6)[C@@H](C)C7)cc(OC)c5n4C)n(CC4CC4)c3n2)c(C)c1. The van der Waals surface area contributed by atoms with Crippen LogP contribution in [0.15, 0.2) is 48.5 Å². The highest BCUT2D eigenvalue weighted by atomic mass is 16.5. The van der Waals surface area contributed by atoms with E-state index in [2.05, 4.69) is 38.4 Å². The maximum absolute atomic E-state index is 13.9. The van der Waals surface area contributed by atoms with Crippen molar-refractivity contribution in [2.75, 3.05) is 32.6 Å². The van der Waals surface area contributed by atoms with E-state index >= 15 is 0 Å². The quantitative estimate of drug-likeness (QED) is 0.199. The summed E-state index contributed by atoms with van der Waals surface area (Å²) < 4.78 is 15.0. The minimum Gasteiger partial charge on any atom is -0.494 e. The molecule has 2 unspecified atom stereocenters. The summed E-state index contributed by atoms with van der Waals surface area (Å²) in [4.78, 5) is 38.0. The molecular weight excluding hydrogens is 604 g/mol. The first-order valence-corrected chi connectivity index (χ1v) is 17.0. The van der Waals surface area contributed by atoms with Crippen molar-refractivity contribution in [3.05, 3.63) is 59.7 Å². The molecule has 3 atom stereocenters. The fraction of sp³-hybridized carbons (Fsp3) is 0.421. The molecule has 8 rings (SSSR count). The summed E-state index contributed by atoms with van der Waals surface area (Å²) in [5, 5.41) is 3.77. The number of rotatable bonds is 7. The van der Waals surface area contributed by atoms with Gasteiger partial charge < -0.3 is 23.5 Å². The van der Waals surface area contributed by atoms with Crippen LogP contribution in [0.1, 0.15) is 48.5 Å². The molecule has 48 heavy (non-hydrogen) atoms. The highest BCUT2D eigenvalue weighted by molar-refractivity contribution is 6.00. The van der Waals surface area contributed by atoms with Crippen LogP contribution in [0.4, 0.5) is 10.5 Å². The Morgan fingerprint density at radius 2 is 1.83 bits per heavy atom. The Morgan fingerprint density at radius 1 is 1.00 bits per heavy atom. The Labute approximate surface area is 280 Å². The number of benzene rings is 2. The van der Waals surface area contributed by atoms with Crippen LogP contribution in [0.5, 0.6) is 5.75 Å². The third-order valence-corrected chi connectivity index (χ3v) is 10.8. The Hall–Kier alpha value is -4.86. The second-order valence-electron chi connectivity index (χ2n) is 14.2. The minimum atomic E-state index is -0.502. The summed E-state index contributed by atoms with van der Waals surface area (Å²) >= 11 is 0. The maximum Gasteiger partial charge on any atom is 0.411 e. The van der Waals surface area contributed by atoms with E-state index in [1.54, 1.807) is 7.11 Å². The van der Waals surface area contributed by atoms with Gasteiger partial charge in [0.05, 0.1) is 31.1 Å². The van der Waals surface area contributed by atoms with E-state index in [4.69, 9.17) is 19.4 Å². The zero-order chi connectivity index (χ0) is 33.3. The van der Waals surface area contributed by atoms with Crippen molar-refractivity contribution in [2.45, 2.75) is 46.1 Å². The normalized spacial score (nSPS) is 20.4. The van der Waals surface area contributed by atoms with Crippen LogP contribution in [-0.4, -0.2) is 63.3 Å². The molecule has 1 N–H and O–H groups in total. The lowest BCUT2D eigenvalue weighted by atomic mass is 9.95. The van der Waals surface area contributed by atoms with Crippen molar-refractivity contribution < 1.29 is 19.1 Å². The zero-order valence-corrected chi connectivity index (χ0v) is 28.2. The van der Waals surface area contributed by atoms with Gasteiger partial charge >= 0.3 is 6.09 Å². The van der Waals surface area contributed by atoms with Crippen molar-refractivity contribution in [1.82, 2.24) is 24.0 Å². The topological polar surface area (TPSA) is 104 Å². The van der Waals surface area contributed by atoms with Crippen LogP contribution in [0, 0.1) is 30.6 Å². The van der Waals surface area contributed by atoms with E-state index < -0.39 is 6.09 Å².